The molecule has 1 aliphatic rings. The summed E-state index contributed by atoms with van der Waals surface area (Å²) in [6, 6.07) is 3.84. The first-order valence-corrected chi connectivity index (χ1v) is 10.3. The molecule has 0 aliphatic heterocycles. The van der Waals surface area contributed by atoms with Crippen molar-refractivity contribution in [3.8, 4) is 5.75 Å². The van der Waals surface area contributed by atoms with Gasteiger partial charge in [0.2, 0.25) is 5.90 Å². The van der Waals surface area contributed by atoms with Gasteiger partial charge in [0.1, 0.15) is 11.3 Å². The van der Waals surface area contributed by atoms with Crippen molar-refractivity contribution in [1.82, 2.24) is 15.0 Å². The summed E-state index contributed by atoms with van der Waals surface area (Å²) in [5.74, 6) is 1.56. The Morgan fingerprint density at radius 3 is 2.68 bits per heavy atom. The Balaban J connectivity index is 1.96. The van der Waals surface area contributed by atoms with Crippen LogP contribution < -0.4 is 4.74 Å². The van der Waals surface area contributed by atoms with E-state index in [0.29, 0.717) is 27.6 Å². The highest BCUT2D eigenvalue weighted by molar-refractivity contribution is 9.10. The van der Waals surface area contributed by atoms with Crippen LogP contribution in [0, 0.1) is 5.92 Å². The summed E-state index contributed by atoms with van der Waals surface area (Å²) in [5, 5.41) is 19.2. The van der Waals surface area contributed by atoms with Gasteiger partial charge < -0.3 is 9.84 Å². The molecule has 0 amide bonds. The van der Waals surface area contributed by atoms with Gasteiger partial charge in [-0.2, -0.15) is 0 Å². The Morgan fingerprint density at radius 2 is 2.14 bits per heavy atom. The van der Waals surface area contributed by atoms with E-state index in [1.54, 1.807) is 13.8 Å². The second-order valence-corrected chi connectivity index (χ2v) is 8.76. The van der Waals surface area contributed by atoms with Gasteiger partial charge in [-0.25, -0.2) is 9.67 Å². The summed E-state index contributed by atoms with van der Waals surface area (Å²) < 4.78 is 8.78. The fraction of sp³-hybridized carbons (Fsp3) is 0.476. The standard InChI is InChI=1S/C21H27BrN4O2/c1-6-23-20(17(13(2)3)21(4,5)27)28-16-11-10-15-19(18(16)22)24-25-26(15)12-14-8-7-9-14/h6,10-11,14,27H,1,7-9,12H2,2-5H3. The molecule has 7 heteroatoms. The summed E-state index contributed by atoms with van der Waals surface area (Å²) >= 11 is 3.61. The lowest BCUT2D eigenvalue weighted by atomic mass is 9.85. The third-order valence-corrected chi connectivity index (χ3v) is 5.75. The summed E-state index contributed by atoms with van der Waals surface area (Å²) in [7, 11) is 0. The smallest absolute Gasteiger partial charge is 0.225 e. The van der Waals surface area contributed by atoms with Crippen molar-refractivity contribution in [3.63, 3.8) is 0 Å². The maximum absolute atomic E-state index is 10.6. The molecule has 0 atom stereocenters. The van der Waals surface area contributed by atoms with E-state index < -0.39 is 5.60 Å². The molecule has 0 saturated heterocycles. The quantitative estimate of drug-likeness (QED) is 0.499. The van der Waals surface area contributed by atoms with Crippen molar-refractivity contribution in [3.05, 3.63) is 40.5 Å². The third-order valence-electron chi connectivity index (χ3n) is 4.99. The minimum Gasteiger partial charge on any atom is -0.437 e. The Bertz CT molecular complexity index is 945. The van der Waals surface area contributed by atoms with Crippen LogP contribution in [0.1, 0.15) is 47.0 Å². The van der Waals surface area contributed by atoms with Gasteiger partial charge in [0.25, 0.3) is 0 Å². The topological polar surface area (TPSA) is 72.5 Å². The van der Waals surface area contributed by atoms with E-state index in [-0.39, 0.29) is 0 Å². The van der Waals surface area contributed by atoms with Crippen molar-refractivity contribution in [2.75, 3.05) is 0 Å². The zero-order valence-electron chi connectivity index (χ0n) is 16.9. The van der Waals surface area contributed by atoms with E-state index in [4.69, 9.17) is 4.74 Å². The number of hydrogen-bond acceptors (Lipinski definition) is 5. The number of rotatable bonds is 6. The van der Waals surface area contributed by atoms with Crippen LogP contribution in [0.5, 0.6) is 5.75 Å². The van der Waals surface area contributed by atoms with Crippen LogP contribution >= 0.6 is 15.9 Å². The molecular formula is C21H27BrN4O2. The second kappa shape index (κ2) is 8.17. The molecule has 1 N–H and O–H groups in total. The first-order valence-electron chi connectivity index (χ1n) is 9.51. The monoisotopic (exact) mass is 446 g/mol. The predicted octanol–water partition coefficient (Wildman–Crippen LogP) is 5.02. The molecule has 1 aromatic carbocycles. The van der Waals surface area contributed by atoms with Crippen molar-refractivity contribution in [2.24, 2.45) is 10.9 Å². The van der Waals surface area contributed by atoms with Crippen LogP contribution in [-0.2, 0) is 6.54 Å². The molecule has 1 aromatic heterocycles. The van der Waals surface area contributed by atoms with Gasteiger partial charge in [-0.15, -0.1) is 5.10 Å². The average Bonchev–Trinajstić information content (AvgIpc) is 2.95. The molecule has 0 spiro atoms. The number of aliphatic imine (C=N–C) groups is 1. The molecule has 1 fully saturated rings. The van der Waals surface area contributed by atoms with Gasteiger partial charge in [0.05, 0.1) is 15.6 Å². The normalized spacial score (nSPS) is 15.4. The summed E-state index contributed by atoms with van der Waals surface area (Å²) in [4.78, 5) is 4.27. The van der Waals surface area contributed by atoms with E-state index in [9.17, 15) is 5.11 Å². The summed E-state index contributed by atoms with van der Waals surface area (Å²) in [6.07, 6.45) is 5.23. The highest BCUT2D eigenvalue weighted by Crippen LogP contribution is 2.35. The number of aromatic nitrogens is 3. The number of benzene rings is 1. The fourth-order valence-electron chi connectivity index (χ4n) is 3.54. The van der Waals surface area contributed by atoms with Crippen LogP contribution in [0.25, 0.3) is 11.0 Å². The Kier molecular flexibility index (Phi) is 6.05. The van der Waals surface area contributed by atoms with Crippen molar-refractivity contribution in [2.45, 2.75) is 59.1 Å². The molecular weight excluding hydrogens is 420 g/mol. The van der Waals surface area contributed by atoms with Crippen molar-refractivity contribution < 1.29 is 9.84 Å². The molecule has 2 aromatic rings. The SMILES string of the molecule is C=CN=C(Oc1ccc2c(nnn2CC2CCC2)c1Br)C(=C(C)C)C(C)(C)O. The molecule has 1 heterocycles. The number of fused-ring (bicyclic) bond motifs is 1. The van der Waals surface area contributed by atoms with Gasteiger partial charge in [0.15, 0.2) is 0 Å². The van der Waals surface area contributed by atoms with Gasteiger partial charge in [0, 0.05) is 18.3 Å². The van der Waals surface area contributed by atoms with Crippen LogP contribution in [-0.4, -0.2) is 31.6 Å². The predicted molar refractivity (Wildman–Crippen MR) is 116 cm³/mol. The second-order valence-electron chi connectivity index (χ2n) is 7.97. The number of halogens is 1. The first kappa shape index (κ1) is 20.7. The molecule has 0 bridgehead atoms. The van der Waals surface area contributed by atoms with Crippen LogP contribution in [0.2, 0.25) is 0 Å². The molecule has 0 unspecified atom stereocenters. The average molecular weight is 447 g/mol. The summed E-state index contributed by atoms with van der Waals surface area (Å²) in [5.41, 5.74) is 2.14. The van der Waals surface area contributed by atoms with Gasteiger partial charge in [-0.3, -0.25) is 0 Å². The number of hydrogen-bond donors (Lipinski definition) is 1. The number of ether oxygens (including phenoxy) is 1. The Labute approximate surface area is 174 Å². The number of allylic oxidation sites excluding steroid dienone is 1. The molecule has 150 valence electrons. The van der Waals surface area contributed by atoms with Gasteiger partial charge >= 0.3 is 0 Å². The largest absolute Gasteiger partial charge is 0.437 e. The molecule has 6 nitrogen and oxygen atoms in total. The zero-order chi connectivity index (χ0) is 20.5. The summed E-state index contributed by atoms with van der Waals surface area (Å²) in [6.45, 7) is 11.8. The van der Waals surface area contributed by atoms with Gasteiger partial charge in [-0.1, -0.05) is 23.8 Å². The van der Waals surface area contributed by atoms with Crippen LogP contribution in [0.4, 0.5) is 0 Å². The third kappa shape index (κ3) is 4.20. The lowest BCUT2D eigenvalue weighted by Crippen LogP contribution is -2.31. The van der Waals surface area contributed by atoms with Crippen molar-refractivity contribution in [1.29, 1.82) is 0 Å². The molecule has 1 aliphatic carbocycles. The minimum atomic E-state index is -1.11. The maximum Gasteiger partial charge on any atom is 0.225 e. The number of nitrogens with zero attached hydrogens (tertiary/aromatic N) is 4. The highest BCUT2D eigenvalue weighted by Gasteiger charge is 2.28. The van der Waals surface area contributed by atoms with Crippen LogP contribution in [0.15, 0.2) is 45.5 Å². The Morgan fingerprint density at radius 1 is 1.43 bits per heavy atom. The molecule has 3 rings (SSSR count). The molecule has 1 saturated carbocycles. The van der Waals surface area contributed by atoms with E-state index in [2.05, 4.69) is 37.8 Å². The van der Waals surface area contributed by atoms with E-state index in [1.165, 1.54) is 25.5 Å². The first-order chi connectivity index (χ1) is 13.2. The van der Waals surface area contributed by atoms with E-state index in [1.807, 2.05) is 30.7 Å². The molecule has 28 heavy (non-hydrogen) atoms. The molecule has 0 radical (unpaired) electrons. The zero-order valence-corrected chi connectivity index (χ0v) is 18.5. The fourth-order valence-corrected chi connectivity index (χ4v) is 4.03. The van der Waals surface area contributed by atoms with E-state index in [0.717, 1.165) is 23.2 Å². The maximum atomic E-state index is 10.6. The number of aliphatic hydroxyl groups is 1. The van der Waals surface area contributed by atoms with Crippen LogP contribution in [0.3, 0.4) is 0 Å². The lowest BCUT2D eigenvalue weighted by Gasteiger charge is -2.25. The highest BCUT2D eigenvalue weighted by atomic mass is 79.9. The minimum absolute atomic E-state index is 0.310. The Hall–Kier alpha value is -1.99. The van der Waals surface area contributed by atoms with Crippen molar-refractivity contribution >= 4 is 32.9 Å². The van der Waals surface area contributed by atoms with Gasteiger partial charge in [-0.05, 0) is 74.5 Å². The van der Waals surface area contributed by atoms with E-state index >= 15 is 0 Å². The lowest BCUT2D eigenvalue weighted by molar-refractivity contribution is 0.123.